The number of hydrogen-bond donors (Lipinski definition) is 4. The van der Waals surface area contributed by atoms with Gasteiger partial charge in [-0.1, -0.05) is 61.5 Å². The van der Waals surface area contributed by atoms with E-state index in [1.54, 1.807) is 44.3 Å². The van der Waals surface area contributed by atoms with Crippen molar-refractivity contribution in [1.82, 2.24) is 35.2 Å². The van der Waals surface area contributed by atoms with Crippen molar-refractivity contribution in [3.63, 3.8) is 0 Å². The zero-order valence-corrected chi connectivity index (χ0v) is 45.1. The monoisotopic (exact) mass is 1140 g/mol. The number of carboxylic acid groups (broad SMARTS) is 1. The number of hydrogen-bond acceptors (Lipinski definition) is 15. The highest BCUT2D eigenvalue weighted by atomic mass is 32.2. The molecule has 81 heavy (non-hydrogen) atoms. The van der Waals surface area contributed by atoms with Gasteiger partial charge < -0.3 is 39.8 Å². The van der Waals surface area contributed by atoms with Crippen LogP contribution in [0.3, 0.4) is 0 Å². The fourth-order valence-corrected chi connectivity index (χ4v) is 11.1. The number of carbonyl (C=O) groups is 4. The van der Waals surface area contributed by atoms with Crippen LogP contribution >= 0.6 is 0 Å². The van der Waals surface area contributed by atoms with E-state index in [0.29, 0.717) is 29.1 Å². The van der Waals surface area contributed by atoms with Crippen LogP contribution in [-0.2, 0) is 36.9 Å². The highest BCUT2D eigenvalue weighted by Crippen LogP contribution is 2.45. The zero-order valence-electron chi connectivity index (χ0n) is 44.3. The Balaban J connectivity index is 0.942. The summed E-state index contributed by atoms with van der Waals surface area (Å²) >= 11 is 0. The molecule has 1 saturated heterocycles. The molecule has 8 rings (SSSR count). The number of ether oxygens (including phenoxy) is 3. The maximum absolute atomic E-state index is 14.3. The topological polar surface area (TPSA) is 275 Å². The molecule has 1 aliphatic heterocycles. The van der Waals surface area contributed by atoms with Crippen LogP contribution in [0.25, 0.3) is 22.4 Å². The molecule has 0 radical (unpaired) electrons. The number of fused-ring (bicyclic) bond motifs is 3. The van der Waals surface area contributed by atoms with E-state index in [2.05, 4.69) is 25.3 Å². The van der Waals surface area contributed by atoms with Crippen LogP contribution in [-0.4, -0.2) is 127 Å². The van der Waals surface area contributed by atoms with Crippen molar-refractivity contribution in [3.8, 4) is 34.1 Å². The predicted molar refractivity (Wildman–Crippen MR) is 289 cm³/mol. The normalized spacial score (nSPS) is 14.6. The van der Waals surface area contributed by atoms with Crippen molar-refractivity contribution in [2.45, 2.75) is 75.5 Å². The third kappa shape index (κ3) is 13.7. The molecular formula is C56H58F3N9O12S. The molecule has 4 N–H and O–H groups in total. The van der Waals surface area contributed by atoms with Gasteiger partial charge in [0.25, 0.3) is 11.6 Å². The quantitative estimate of drug-likeness (QED) is 0.0271. The SMILES string of the molecule is CCOc1ccc(C(=O)N2CCN(c3ccc(-c4cccnc4OCC)nc3Cc3ccc(S(=O)(=O)NCCCNC(=O)[C@@H](CC(=O)O)NC(=O)OCC4c5ccccc5-c5ccccc54)c([N+](=O)[O-])c3)[C@H](CC)C2)c(C(F)(F)F)n1. The van der Waals surface area contributed by atoms with Crippen LogP contribution in [0.1, 0.15) is 84.4 Å². The fourth-order valence-electron chi connectivity index (χ4n) is 9.92. The Kier molecular flexibility index (Phi) is 18.5. The number of alkyl halides is 3. The number of anilines is 1. The molecule has 3 amide bonds. The molecule has 6 aromatic rings. The lowest BCUT2D eigenvalue weighted by atomic mass is 9.98. The molecule has 4 heterocycles. The van der Waals surface area contributed by atoms with Crippen molar-refractivity contribution >= 4 is 45.3 Å². The highest BCUT2D eigenvalue weighted by molar-refractivity contribution is 7.89. The second-order valence-electron chi connectivity index (χ2n) is 18.8. The standard InChI is InChI=1S/C56H58F3N9O12S/c1-4-35-32-66(54(72)41-19-23-49(78-5-2)65-51(41)56(57,58)59)27-28-67(35)46-21-20-43(40-17-11-24-61-53(40)79-6-3)63-44(46)29-34-18-22-48(47(30-34)68(74)75)81(76,77)62-26-12-25-60-52(71)45(31-50(69)70)64-55(73)80-33-42-38-15-9-7-13-36(38)37-14-8-10-16-39(37)42/h7-11,13-24,30,35,42,45,62H,4-6,12,25-29,31-33H2,1-3H3,(H,60,71)(H,64,73)(H,69,70)/t35-,45-/m1/s1. The Bertz CT molecular complexity index is 3400. The molecule has 21 nitrogen and oxygen atoms in total. The number of nitro benzene ring substituents is 1. The van der Waals surface area contributed by atoms with E-state index in [-0.39, 0.29) is 88.6 Å². The summed E-state index contributed by atoms with van der Waals surface area (Å²) in [4.78, 5) is 79.1. The molecule has 1 aliphatic carbocycles. The first-order valence-electron chi connectivity index (χ1n) is 26.0. The number of nitrogens with zero attached hydrogens (tertiary/aromatic N) is 6. The number of sulfonamides is 1. The molecule has 0 saturated carbocycles. The fraction of sp³-hybridized carbons (Fsp3) is 0.339. The highest BCUT2D eigenvalue weighted by Gasteiger charge is 2.41. The van der Waals surface area contributed by atoms with Gasteiger partial charge >= 0.3 is 18.2 Å². The Hall–Kier alpha value is -8.71. The largest absolute Gasteiger partial charge is 0.481 e. The number of alkyl carbamates (subject to hydrolysis) is 1. The minimum absolute atomic E-state index is 0.00162. The molecule has 0 unspecified atom stereocenters. The van der Waals surface area contributed by atoms with E-state index in [9.17, 15) is 56.0 Å². The van der Waals surface area contributed by atoms with E-state index < -0.39 is 85.3 Å². The van der Waals surface area contributed by atoms with Crippen molar-refractivity contribution < 1.29 is 65.0 Å². The number of nitro groups is 1. The Morgan fingerprint density at radius 3 is 2.23 bits per heavy atom. The van der Waals surface area contributed by atoms with Crippen LogP contribution in [0.4, 0.5) is 29.3 Å². The van der Waals surface area contributed by atoms with Gasteiger partial charge in [-0.2, -0.15) is 13.2 Å². The first kappa shape index (κ1) is 58.4. The van der Waals surface area contributed by atoms with Crippen LogP contribution in [0, 0.1) is 10.1 Å². The minimum Gasteiger partial charge on any atom is -0.481 e. The molecule has 3 aromatic carbocycles. The van der Waals surface area contributed by atoms with Crippen LogP contribution in [0.2, 0.25) is 0 Å². The molecule has 0 spiro atoms. The van der Waals surface area contributed by atoms with E-state index in [4.69, 9.17) is 19.2 Å². The molecule has 2 aliphatic rings. The minimum atomic E-state index is -4.95. The average Bonchev–Trinajstić information content (AvgIpc) is 3.85. The zero-order chi connectivity index (χ0) is 58.0. The van der Waals surface area contributed by atoms with Crippen LogP contribution in [0.15, 0.2) is 114 Å². The van der Waals surface area contributed by atoms with Gasteiger partial charge in [-0.25, -0.2) is 27.9 Å². The van der Waals surface area contributed by atoms with E-state index >= 15 is 0 Å². The maximum atomic E-state index is 14.3. The smallest absolute Gasteiger partial charge is 0.434 e. The van der Waals surface area contributed by atoms with Gasteiger partial charge in [-0.3, -0.25) is 29.5 Å². The molecule has 1 fully saturated rings. The van der Waals surface area contributed by atoms with E-state index in [1.807, 2.05) is 60.4 Å². The first-order valence-corrected chi connectivity index (χ1v) is 27.5. The number of aromatic nitrogens is 3. The molecular weight excluding hydrogens is 1080 g/mol. The lowest BCUT2D eigenvalue weighted by molar-refractivity contribution is -0.387. The Labute approximate surface area is 464 Å². The van der Waals surface area contributed by atoms with Crippen molar-refractivity contribution in [3.05, 3.63) is 153 Å². The average molecular weight is 1140 g/mol. The molecule has 2 atom stereocenters. The van der Waals surface area contributed by atoms with Crippen molar-refractivity contribution in [2.75, 3.05) is 57.4 Å². The van der Waals surface area contributed by atoms with Gasteiger partial charge in [0, 0.05) is 69.4 Å². The van der Waals surface area contributed by atoms with Gasteiger partial charge in [0.15, 0.2) is 10.6 Å². The number of benzene rings is 3. The number of pyridine rings is 3. The van der Waals surface area contributed by atoms with Gasteiger partial charge in [0.05, 0.1) is 52.8 Å². The van der Waals surface area contributed by atoms with Crippen LogP contribution < -0.4 is 29.7 Å². The Morgan fingerprint density at radius 1 is 0.864 bits per heavy atom. The van der Waals surface area contributed by atoms with Crippen LogP contribution in [0.5, 0.6) is 11.8 Å². The van der Waals surface area contributed by atoms with Gasteiger partial charge in [-0.05, 0) is 90.9 Å². The van der Waals surface area contributed by atoms with Gasteiger partial charge in [0.2, 0.25) is 27.7 Å². The summed E-state index contributed by atoms with van der Waals surface area (Å²) in [5.74, 6) is -3.40. The predicted octanol–water partition coefficient (Wildman–Crippen LogP) is 7.76. The molecule has 426 valence electrons. The second kappa shape index (κ2) is 25.6. The third-order valence-electron chi connectivity index (χ3n) is 13.6. The number of halogens is 3. The number of amides is 3. The summed E-state index contributed by atoms with van der Waals surface area (Å²) in [7, 11) is -4.57. The lowest BCUT2D eigenvalue weighted by Gasteiger charge is -2.43. The van der Waals surface area contributed by atoms with Gasteiger partial charge in [0.1, 0.15) is 12.6 Å². The maximum Gasteiger partial charge on any atom is 0.434 e. The number of aliphatic carboxylic acids is 1. The summed E-state index contributed by atoms with van der Waals surface area (Å²) in [6.07, 6.45) is -4.91. The lowest BCUT2D eigenvalue weighted by Crippen LogP contribution is -2.55. The summed E-state index contributed by atoms with van der Waals surface area (Å²) in [5.41, 5.74) is 3.32. The number of carboxylic acids is 1. The summed E-state index contributed by atoms with van der Waals surface area (Å²) in [6.45, 7) is 5.17. The Morgan fingerprint density at radius 2 is 1.57 bits per heavy atom. The number of rotatable bonds is 23. The van der Waals surface area contributed by atoms with E-state index in [0.717, 1.165) is 40.5 Å². The summed E-state index contributed by atoms with van der Waals surface area (Å²) in [5, 5.41) is 27.0. The van der Waals surface area contributed by atoms with Gasteiger partial charge in [-0.15, -0.1) is 0 Å². The number of nitrogens with one attached hydrogen (secondary N) is 3. The summed E-state index contributed by atoms with van der Waals surface area (Å²) < 4.78 is 89.0. The second-order valence-corrected chi connectivity index (χ2v) is 20.6. The molecule has 25 heteroatoms. The number of piperazine rings is 1. The third-order valence-corrected chi connectivity index (χ3v) is 15.2. The molecule has 0 bridgehead atoms. The summed E-state index contributed by atoms with van der Waals surface area (Å²) in [6, 6.07) is 26.2. The van der Waals surface area contributed by atoms with E-state index in [1.165, 1.54) is 17.0 Å². The number of carbonyl (C=O) groups excluding carboxylic acids is 3. The van der Waals surface area contributed by atoms with Crippen molar-refractivity contribution in [2.24, 2.45) is 0 Å². The molecule has 3 aromatic heterocycles. The first-order chi connectivity index (χ1) is 38.8. The van der Waals surface area contributed by atoms with Crippen molar-refractivity contribution in [1.29, 1.82) is 0 Å².